The minimum atomic E-state index is 0.00635. The number of hydrogen-bond donors (Lipinski definition) is 1. The smallest absolute Gasteiger partial charge is 0.0715 e. The van der Waals surface area contributed by atoms with E-state index in [0.717, 1.165) is 16.9 Å². The number of nitrogens with zero attached hydrogens (tertiary/aromatic N) is 2. The Morgan fingerprint density at radius 2 is 2.27 bits per heavy atom. The molecule has 0 aliphatic carbocycles. The first-order valence-corrected chi connectivity index (χ1v) is 5.00. The van der Waals surface area contributed by atoms with Crippen LogP contribution in [0.1, 0.15) is 11.3 Å². The summed E-state index contributed by atoms with van der Waals surface area (Å²) in [4.78, 5) is 0. The molecule has 0 bridgehead atoms. The van der Waals surface area contributed by atoms with Crippen molar-refractivity contribution in [3.63, 3.8) is 0 Å². The van der Waals surface area contributed by atoms with Crippen LogP contribution < -0.4 is 0 Å². The van der Waals surface area contributed by atoms with Crippen LogP contribution in [0.25, 0.3) is 5.69 Å². The van der Waals surface area contributed by atoms with Gasteiger partial charge in [0.15, 0.2) is 0 Å². The predicted molar refractivity (Wildman–Crippen MR) is 59.2 cm³/mol. The van der Waals surface area contributed by atoms with Crippen molar-refractivity contribution in [2.45, 2.75) is 13.5 Å². The summed E-state index contributed by atoms with van der Waals surface area (Å²) in [7, 11) is 0. The van der Waals surface area contributed by atoms with E-state index in [1.807, 2.05) is 31.2 Å². The maximum atomic E-state index is 9.05. The van der Waals surface area contributed by atoms with Crippen molar-refractivity contribution >= 4 is 11.6 Å². The normalized spacial score (nSPS) is 10.6. The van der Waals surface area contributed by atoms with Crippen LogP contribution in [0.2, 0.25) is 5.02 Å². The molecule has 0 spiro atoms. The molecule has 0 amide bonds. The standard InChI is InChI=1S/C11H11ClN2O/c1-8-9(7-15)6-14(13-8)11-4-2-3-10(12)5-11/h2-6,15H,7H2,1H3. The zero-order valence-corrected chi connectivity index (χ0v) is 9.07. The second-order valence-electron chi connectivity index (χ2n) is 3.32. The fourth-order valence-electron chi connectivity index (χ4n) is 1.40. The third kappa shape index (κ3) is 2.03. The van der Waals surface area contributed by atoms with E-state index in [0.29, 0.717) is 5.02 Å². The lowest BCUT2D eigenvalue weighted by atomic mass is 10.3. The molecule has 78 valence electrons. The van der Waals surface area contributed by atoms with Gasteiger partial charge in [0.05, 0.1) is 18.0 Å². The largest absolute Gasteiger partial charge is 0.392 e. The molecule has 0 radical (unpaired) electrons. The van der Waals surface area contributed by atoms with Crippen molar-refractivity contribution in [1.82, 2.24) is 9.78 Å². The van der Waals surface area contributed by atoms with Crippen LogP contribution >= 0.6 is 11.6 Å². The van der Waals surface area contributed by atoms with Crippen LogP contribution in [-0.4, -0.2) is 14.9 Å². The minimum Gasteiger partial charge on any atom is -0.392 e. The van der Waals surface area contributed by atoms with E-state index in [1.54, 1.807) is 10.9 Å². The third-order valence-electron chi connectivity index (χ3n) is 2.24. The highest BCUT2D eigenvalue weighted by Gasteiger charge is 2.04. The average Bonchev–Trinajstić information content (AvgIpc) is 2.60. The van der Waals surface area contributed by atoms with Gasteiger partial charge >= 0.3 is 0 Å². The number of aryl methyl sites for hydroxylation is 1. The van der Waals surface area contributed by atoms with Gasteiger partial charge in [-0.25, -0.2) is 4.68 Å². The molecule has 1 aromatic heterocycles. The Bertz CT molecular complexity index is 479. The van der Waals surface area contributed by atoms with Gasteiger partial charge in [0.1, 0.15) is 0 Å². The lowest BCUT2D eigenvalue weighted by Crippen LogP contribution is -1.94. The van der Waals surface area contributed by atoms with Gasteiger partial charge in [0.2, 0.25) is 0 Å². The van der Waals surface area contributed by atoms with Gasteiger partial charge in [-0.3, -0.25) is 0 Å². The van der Waals surface area contributed by atoms with E-state index in [4.69, 9.17) is 16.7 Å². The van der Waals surface area contributed by atoms with E-state index >= 15 is 0 Å². The summed E-state index contributed by atoms with van der Waals surface area (Å²) in [5.41, 5.74) is 2.55. The SMILES string of the molecule is Cc1nn(-c2cccc(Cl)c2)cc1CO. The molecule has 0 aliphatic heterocycles. The lowest BCUT2D eigenvalue weighted by molar-refractivity contribution is 0.281. The zero-order chi connectivity index (χ0) is 10.8. The maximum Gasteiger partial charge on any atom is 0.0715 e. The van der Waals surface area contributed by atoms with E-state index in [9.17, 15) is 0 Å². The number of rotatable bonds is 2. The fourth-order valence-corrected chi connectivity index (χ4v) is 1.59. The molecule has 2 aromatic rings. The molecule has 1 N–H and O–H groups in total. The topological polar surface area (TPSA) is 38.0 Å². The van der Waals surface area contributed by atoms with E-state index in [-0.39, 0.29) is 6.61 Å². The number of hydrogen-bond acceptors (Lipinski definition) is 2. The third-order valence-corrected chi connectivity index (χ3v) is 2.48. The van der Waals surface area contributed by atoms with Crippen molar-refractivity contribution in [1.29, 1.82) is 0 Å². The Hall–Kier alpha value is -1.32. The Labute approximate surface area is 92.9 Å². The van der Waals surface area contributed by atoms with E-state index < -0.39 is 0 Å². The number of halogens is 1. The maximum absolute atomic E-state index is 9.05. The van der Waals surface area contributed by atoms with Crippen LogP contribution in [-0.2, 0) is 6.61 Å². The molecule has 0 saturated heterocycles. The van der Waals surface area contributed by atoms with Crippen LogP contribution in [0.4, 0.5) is 0 Å². The first-order valence-electron chi connectivity index (χ1n) is 4.62. The molecule has 15 heavy (non-hydrogen) atoms. The summed E-state index contributed by atoms with van der Waals surface area (Å²) in [5, 5.41) is 14.0. The summed E-state index contributed by atoms with van der Waals surface area (Å²) < 4.78 is 1.72. The summed E-state index contributed by atoms with van der Waals surface area (Å²) in [6, 6.07) is 7.43. The van der Waals surface area contributed by atoms with Gasteiger partial charge in [0, 0.05) is 16.8 Å². The predicted octanol–water partition coefficient (Wildman–Crippen LogP) is 2.33. The Morgan fingerprint density at radius 1 is 1.47 bits per heavy atom. The first-order chi connectivity index (χ1) is 7.20. The average molecular weight is 223 g/mol. The molecule has 0 fully saturated rings. The fraction of sp³-hybridized carbons (Fsp3) is 0.182. The Morgan fingerprint density at radius 3 is 2.87 bits per heavy atom. The molecular formula is C11H11ClN2O. The molecule has 3 nitrogen and oxygen atoms in total. The van der Waals surface area contributed by atoms with Crippen molar-refractivity contribution in [2.75, 3.05) is 0 Å². The molecule has 4 heteroatoms. The monoisotopic (exact) mass is 222 g/mol. The quantitative estimate of drug-likeness (QED) is 0.847. The first kappa shape index (κ1) is 10.2. The van der Waals surface area contributed by atoms with Crippen LogP contribution in [0, 0.1) is 6.92 Å². The van der Waals surface area contributed by atoms with Crippen molar-refractivity contribution < 1.29 is 5.11 Å². The Kier molecular flexibility index (Phi) is 2.75. The molecule has 0 aliphatic rings. The highest BCUT2D eigenvalue weighted by molar-refractivity contribution is 6.30. The van der Waals surface area contributed by atoms with E-state index in [1.165, 1.54) is 0 Å². The zero-order valence-electron chi connectivity index (χ0n) is 8.31. The van der Waals surface area contributed by atoms with Crippen LogP contribution in [0.15, 0.2) is 30.5 Å². The van der Waals surface area contributed by atoms with Gasteiger partial charge < -0.3 is 5.11 Å². The van der Waals surface area contributed by atoms with Gasteiger partial charge in [0.25, 0.3) is 0 Å². The van der Waals surface area contributed by atoms with Gasteiger partial charge in [-0.2, -0.15) is 5.10 Å². The number of aliphatic hydroxyl groups excluding tert-OH is 1. The second-order valence-corrected chi connectivity index (χ2v) is 3.76. The van der Waals surface area contributed by atoms with Gasteiger partial charge in [-0.05, 0) is 25.1 Å². The van der Waals surface area contributed by atoms with E-state index in [2.05, 4.69) is 5.10 Å². The van der Waals surface area contributed by atoms with Gasteiger partial charge in [-0.15, -0.1) is 0 Å². The molecule has 0 saturated carbocycles. The summed E-state index contributed by atoms with van der Waals surface area (Å²) in [5.74, 6) is 0. The molecule has 1 heterocycles. The Balaban J connectivity index is 2.45. The summed E-state index contributed by atoms with van der Waals surface area (Å²) >= 11 is 5.88. The molecule has 2 rings (SSSR count). The molecule has 1 aromatic carbocycles. The highest BCUT2D eigenvalue weighted by Crippen LogP contribution is 2.16. The van der Waals surface area contributed by atoms with Crippen LogP contribution in [0.5, 0.6) is 0 Å². The van der Waals surface area contributed by atoms with Crippen LogP contribution in [0.3, 0.4) is 0 Å². The molecular weight excluding hydrogens is 212 g/mol. The van der Waals surface area contributed by atoms with Crippen molar-refractivity contribution in [3.05, 3.63) is 46.7 Å². The minimum absolute atomic E-state index is 0.00635. The molecule has 0 atom stereocenters. The lowest BCUT2D eigenvalue weighted by Gasteiger charge is -2.00. The second kappa shape index (κ2) is 4.04. The summed E-state index contributed by atoms with van der Waals surface area (Å²) in [6.07, 6.45) is 1.81. The van der Waals surface area contributed by atoms with Crippen molar-refractivity contribution in [3.8, 4) is 5.69 Å². The number of aliphatic hydroxyl groups is 1. The van der Waals surface area contributed by atoms with Gasteiger partial charge in [-0.1, -0.05) is 17.7 Å². The number of benzene rings is 1. The highest BCUT2D eigenvalue weighted by atomic mass is 35.5. The number of aromatic nitrogens is 2. The summed E-state index contributed by atoms with van der Waals surface area (Å²) in [6.45, 7) is 1.87. The van der Waals surface area contributed by atoms with Crippen molar-refractivity contribution in [2.24, 2.45) is 0 Å². The molecule has 0 unspecified atom stereocenters.